The zero-order valence-corrected chi connectivity index (χ0v) is 17.6. The average molecular weight is 471 g/mol. The molecule has 0 atom stereocenters. The van der Waals surface area contributed by atoms with Crippen molar-refractivity contribution in [2.24, 2.45) is 0 Å². The fraction of sp³-hybridized carbons (Fsp3) is 0.350. The van der Waals surface area contributed by atoms with E-state index in [2.05, 4.69) is 4.98 Å². The smallest absolute Gasteiger partial charge is 0.420 e. The monoisotopic (exact) mass is 470 g/mol. The van der Waals surface area contributed by atoms with Crippen molar-refractivity contribution in [2.75, 3.05) is 33.3 Å². The third-order valence-corrected chi connectivity index (χ3v) is 5.60. The van der Waals surface area contributed by atoms with Crippen LogP contribution in [0.15, 0.2) is 35.3 Å². The second-order valence-electron chi connectivity index (χ2n) is 7.20. The van der Waals surface area contributed by atoms with Gasteiger partial charge in [0.15, 0.2) is 11.3 Å². The molecule has 3 aromatic rings. The van der Waals surface area contributed by atoms with Crippen molar-refractivity contribution < 1.29 is 31.9 Å². The SMILES string of the molecule is COC(=O)N1CCCN(C(=O)c2nc3c(C(F)(F)F)cc(-c4ccoc4)cn3c2Cl)CC1. The minimum atomic E-state index is -4.72. The Labute approximate surface area is 185 Å². The number of alkyl halides is 3. The number of halogens is 4. The zero-order valence-electron chi connectivity index (χ0n) is 16.9. The summed E-state index contributed by atoms with van der Waals surface area (Å²) in [5, 5.41) is -0.227. The molecule has 32 heavy (non-hydrogen) atoms. The molecular formula is C20H18ClF3N4O4. The molecule has 1 aliphatic heterocycles. The fourth-order valence-corrected chi connectivity index (χ4v) is 3.88. The number of pyridine rings is 1. The Morgan fingerprint density at radius 3 is 2.53 bits per heavy atom. The van der Waals surface area contributed by atoms with Crippen LogP contribution in [0.4, 0.5) is 18.0 Å². The molecule has 12 heteroatoms. The molecule has 4 heterocycles. The summed E-state index contributed by atoms with van der Waals surface area (Å²) in [6.07, 6.45) is -0.726. The Kier molecular flexibility index (Phi) is 5.76. The van der Waals surface area contributed by atoms with Crippen molar-refractivity contribution in [1.82, 2.24) is 19.2 Å². The molecule has 0 saturated carbocycles. The molecule has 4 rings (SSSR count). The summed E-state index contributed by atoms with van der Waals surface area (Å²) in [7, 11) is 1.27. The van der Waals surface area contributed by atoms with Gasteiger partial charge >= 0.3 is 12.3 Å². The van der Waals surface area contributed by atoms with Gasteiger partial charge in [-0.15, -0.1) is 0 Å². The van der Waals surface area contributed by atoms with Crippen LogP contribution >= 0.6 is 11.6 Å². The van der Waals surface area contributed by atoms with Gasteiger partial charge in [-0.25, -0.2) is 9.78 Å². The van der Waals surface area contributed by atoms with Crippen molar-refractivity contribution >= 4 is 29.2 Å². The number of aromatic nitrogens is 2. The highest BCUT2D eigenvalue weighted by atomic mass is 35.5. The number of fused-ring (bicyclic) bond motifs is 1. The molecular weight excluding hydrogens is 453 g/mol. The number of imidazole rings is 1. The van der Waals surface area contributed by atoms with E-state index in [0.29, 0.717) is 25.1 Å². The van der Waals surface area contributed by atoms with Crippen molar-refractivity contribution in [2.45, 2.75) is 12.6 Å². The first-order valence-corrected chi connectivity index (χ1v) is 10.0. The predicted molar refractivity (Wildman–Crippen MR) is 107 cm³/mol. The normalized spacial score (nSPS) is 15.2. The lowest BCUT2D eigenvalue weighted by Crippen LogP contribution is -2.37. The van der Waals surface area contributed by atoms with Crippen LogP contribution in [0.5, 0.6) is 0 Å². The molecule has 0 unspecified atom stereocenters. The first-order valence-electron chi connectivity index (χ1n) is 9.64. The van der Waals surface area contributed by atoms with Gasteiger partial charge in [-0.3, -0.25) is 9.20 Å². The standard InChI is InChI=1S/C20H18ClF3N4O4/c1-31-19(30)27-5-2-4-26(6-7-27)18(29)15-16(21)28-10-13(12-3-8-32-11-12)9-14(17(28)25-15)20(22,23)24/h3,8-11H,2,4-7H2,1H3. The maximum Gasteiger partial charge on any atom is 0.420 e. The first-order chi connectivity index (χ1) is 15.2. The first kappa shape index (κ1) is 22.0. The van der Waals surface area contributed by atoms with Crippen LogP contribution < -0.4 is 0 Å². The molecule has 1 fully saturated rings. The fourth-order valence-electron chi connectivity index (χ4n) is 3.63. The molecule has 8 nitrogen and oxygen atoms in total. The number of rotatable bonds is 2. The summed E-state index contributed by atoms with van der Waals surface area (Å²) in [5.41, 5.74) is -1.15. The summed E-state index contributed by atoms with van der Waals surface area (Å²) < 4.78 is 52.1. The second-order valence-corrected chi connectivity index (χ2v) is 7.56. The molecule has 0 N–H and O–H groups in total. The maximum absolute atomic E-state index is 13.8. The van der Waals surface area contributed by atoms with Crippen molar-refractivity contribution in [1.29, 1.82) is 0 Å². The largest absolute Gasteiger partial charge is 0.472 e. The van der Waals surface area contributed by atoms with E-state index >= 15 is 0 Å². The number of methoxy groups -OCH3 is 1. The van der Waals surface area contributed by atoms with Crippen LogP contribution in [0.1, 0.15) is 22.5 Å². The lowest BCUT2D eigenvalue weighted by molar-refractivity contribution is -0.136. The maximum atomic E-state index is 13.8. The molecule has 3 aromatic heterocycles. The van der Waals surface area contributed by atoms with Crippen LogP contribution in [0.3, 0.4) is 0 Å². The minimum absolute atomic E-state index is 0.171. The summed E-state index contributed by atoms with van der Waals surface area (Å²) in [6.45, 7) is 1.08. The highest BCUT2D eigenvalue weighted by Crippen LogP contribution is 2.37. The summed E-state index contributed by atoms with van der Waals surface area (Å²) >= 11 is 6.35. The Bertz CT molecular complexity index is 1160. The van der Waals surface area contributed by atoms with Crippen LogP contribution in [0, 0.1) is 0 Å². The van der Waals surface area contributed by atoms with E-state index in [9.17, 15) is 22.8 Å². The van der Waals surface area contributed by atoms with Gasteiger partial charge < -0.3 is 19.0 Å². The number of hydrogen-bond acceptors (Lipinski definition) is 5. The predicted octanol–water partition coefficient (Wildman–Crippen LogP) is 4.18. The van der Waals surface area contributed by atoms with Crippen molar-refractivity contribution in [3.63, 3.8) is 0 Å². The highest BCUT2D eigenvalue weighted by Gasteiger charge is 2.37. The van der Waals surface area contributed by atoms with E-state index in [1.165, 1.54) is 41.7 Å². The summed E-state index contributed by atoms with van der Waals surface area (Å²) in [6, 6.07) is 2.46. The Hall–Kier alpha value is -3.21. The molecule has 0 spiro atoms. The molecule has 2 amide bonds. The average Bonchev–Trinajstić information content (AvgIpc) is 3.33. The van der Waals surface area contributed by atoms with Crippen molar-refractivity contribution in [3.05, 3.63) is 47.3 Å². The van der Waals surface area contributed by atoms with E-state index < -0.39 is 29.4 Å². The van der Waals surface area contributed by atoms with Gasteiger partial charge in [-0.1, -0.05) is 11.6 Å². The lowest BCUT2D eigenvalue weighted by atomic mass is 10.1. The third-order valence-electron chi connectivity index (χ3n) is 5.24. The van der Waals surface area contributed by atoms with Gasteiger partial charge in [-0.05, 0) is 18.6 Å². The van der Waals surface area contributed by atoms with Gasteiger partial charge in [-0.2, -0.15) is 13.2 Å². The minimum Gasteiger partial charge on any atom is -0.472 e. The molecule has 1 aliphatic rings. The van der Waals surface area contributed by atoms with Crippen molar-refractivity contribution in [3.8, 4) is 11.1 Å². The number of amides is 2. The molecule has 0 aromatic carbocycles. The van der Waals surface area contributed by atoms with E-state index in [1.807, 2.05) is 0 Å². The zero-order chi connectivity index (χ0) is 23.0. The molecule has 170 valence electrons. The van der Waals surface area contributed by atoms with Crippen LogP contribution in [0.2, 0.25) is 5.15 Å². The van der Waals surface area contributed by atoms with E-state index in [1.54, 1.807) is 0 Å². The summed E-state index contributed by atoms with van der Waals surface area (Å²) in [5.74, 6) is -0.608. The number of furan rings is 1. The molecule has 0 aliphatic carbocycles. The quantitative estimate of drug-likeness (QED) is 0.561. The number of nitrogens with zero attached hydrogens (tertiary/aromatic N) is 4. The summed E-state index contributed by atoms with van der Waals surface area (Å²) in [4.78, 5) is 31.7. The second kappa shape index (κ2) is 8.38. The Morgan fingerprint density at radius 2 is 1.88 bits per heavy atom. The highest BCUT2D eigenvalue weighted by molar-refractivity contribution is 6.33. The molecule has 1 saturated heterocycles. The Balaban J connectivity index is 1.73. The van der Waals surface area contributed by atoms with Crippen LogP contribution in [-0.2, 0) is 10.9 Å². The van der Waals surface area contributed by atoms with E-state index in [4.69, 9.17) is 20.8 Å². The number of carbonyl (C=O) groups is 2. The molecule has 0 radical (unpaired) electrons. The molecule has 0 bridgehead atoms. The number of ether oxygens (including phenoxy) is 1. The topological polar surface area (TPSA) is 80.3 Å². The van der Waals surface area contributed by atoms with Gasteiger partial charge in [0, 0.05) is 43.5 Å². The Morgan fingerprint density at radius 1 is 1.16 bits per heavy atom. The van der Waals surface area contributed by atoms with E-state index in [-0.39, 0.29) is 29.5 Å². The van der Waals surface area contributed by atoms with Gasteiger partial charge in [0.25, 0.3) is 5.91 Å². The van der Waals surface area contributed by atoms with Gasteiger partial charge in [0.05, 0.1) is 25.2 Å². The van der Waals surface area contributed by atoms with E-state index in [0.717, 1.165) is 10.5 Å². The van der Waals surface area contributed by atoms with Gasteiger partial charge in [0.1, 0.15) is 5.15 Å². The number of carbonyl (C=O) groups excluding carboxylic acids is 2. The third kappa shape index (κ3) is 3.99. The van der Waals surface area contributed by atoms with Gasteiger partial charge in [0.2, 0.25) is 0 Å². The van der Waals surface area contributed by atoms with Crippen LogP contribution in [0.25, 0.3) is 16.8 Å². The lowest BCUT2D eigenvalue weighted by Gasteiger charge is -2.20. The van der Waals surface area contributed by atoms with Crippen LogP contribution in [-0.4, -0.2) is 64.5 Å². The number of hydrogen-bond donors (Lipinski definition) is 0.